The average molecular weight is 847 g/mol. The lowest BCUT2D eigenvalue weighted by Gasteiger charge is -2.34. The number of fused-ring (bicyclic) bond motifs is 6. The summed E-state index contributed by atoms with van der Waals surface area (Å²) in [5.74, 6) is 0. The van der Waals surface area contributed by atoms with Gasteiger partial charge in [-0.2, -0.15) is 0 Å². The fraction of sp³-hybridized carbons (Fsp3) is 0.0323. The molecule has 0 radical (unpaired) electrons. The van der Waals surface area contributed by atoms with E-state index >= 15 is 0 Å². The van der Waals surface area contributed by atoms with Crippen LogP contribution in [0.25, 0.3) is 71.6 Å². The SMILES string of the molecule is c1ccc(-c2cccc(-c3ccccc3)c2Cn2c3ccccc3c3cc(-n4c5ccccc5c5c(C[Si](c6ccccc6)(c6ccccc6)c6ccccc6)cccc54)ccc32)cc1. The van der Waals surface area contributed by atoms with E-state index in [1.54, 1.807) is 0 Å². The van der Waals surface area contributed by atoms with Crippen molar-refractivity contribution in [1.82, 2.24) is 9.13 Å². The third-order valence-corrected chi connectivity index (χ3v) is 18.6. The van der Waals surface area contributed by atoms with Gasteiger partial charge < -0.3 is 9.13 Å². The Labute approximate surface area is 381 Å². The van der Waals surface area contributed by atoms with E-state index in [0.717, 1.165) is 18.3 Å². The molecular formula is C62H46N2Si. The maximum absolute atomic E-state index is 2.60. The second-order valence-corrected chi connectivity index (χ2v) is 21.1. The molecule has 0 saturated heterocycles. The van der Waals surface area contributed by atoms with Gasteiger partial charge in [0.25, 0.3) is 0 Å². The predicted molar refractivity (Wildman–Crippen MR) is 278 cm³/mol. The van der Waals surface area contributed by atoms with Crippen molar-refractivity contribution in [2.24, 2.45) is 0 Å². The summed E-state index contributed by atoms with van der Waals surface area (Å²) in [6, 6.07) is 95.4. The first-order valence-electron chi connectivity index (χ1n) is 22.7. The summed E-state index contributed by atoms with van der Waals surface area (Å²) in [5.41, 5.74) is 13.7. The molecule has 2 aromatic heterocycles. The summed E-state index contributed by atoms with van der Waals surface area (Å²) >= 11 is 0. The van der Waals surface area contributed by atoms with Gasteiger partial charge in [0.05, 0.1) is 11.0 Å². The number of hydrogen-bond acceptors (Lipinski definition) is 0. The minimum absolute atomic E-state index is 0.729. The summed E-state index contributed by atoms with van der Waals surface area (Å²) in [6.07, 6.45) is 0. The summed E-state index contributed by atoms with van der Waals surface area (Å²) < 4.78 is 5.04. The zero-order valence-corrected chi connectivity index (χ0v) is 37.1. The van der Waals surface area contributed by atoms with Gasteiger partial charge in [-0.1, -0.05) is 218 Å². The molecule has 0 spiro atoms. The van der Waals surface area contributed by atoms with Crippen LogP contribution in [0.3, 0.4) is 0 Å². The zero-order valence-electron chi connectivity index (χ0n) is 36.1. The van der Waals surface area contributed by atoms with Crippen molar-refractivity contribution in [3.05, 3.63) is 266 Å². The van der Waals surface area contributed by atoms with Gasteiger partial charge in [0, 0.05) is 44.8 Å². The first-order valence-corrected chi connectivity index (χ1v) is 24.9. The minimum Gasteiger partial charge on any atom is -0.336 e. The van der Waals surface area contributed by atoms with E-state index in [2.05, 4.69) is 264 Å². The molecule has 12 rings (SSSR count). The van der Waals surface area contributed by atoms with Crippen LogP contribution in [0.5, 0.6) is 0 Å². The van der Waals surface area contributed by atoms with Crippen LogP contribution in [-0.4, -0.2) is 17.2 Å². The third-order valence-electron chi connectivity index (χ3n) is 13.7. The molecule has 0 aliphatic rings. The first-order chi connectivity index (χ1) is 32.3. The Hall–Kier alpha value is -7.98. The van der Waals surface area contributed by atoms with E-state index in [9.17, 15) is 0 Å². The largest absolute Gasteiger partial charge is 0.336 e. The number of benzene rings is 10. The van der Waals surface area contributed by atoms with E-state index in [1.807, 2.05) is 0 Å². The standard InChI is InChI=1S/C62H46N2Si/c1-6-22-45(23-7-1)52-35-21-36-53(46-24-8-2-9-25-46)57(52)43-63-58-37-18-16-33-54(58)56-42-48(40-41-59(56)63)64-60-38-19-17-34-55(60)62-47(26-20-39-61(62)64)44-65(49-27-10-3-11-28-49,50-29-12-4-13-30-50)51-31-14-5-15-32-51/h1-42H,43-44H2. The lowest BCUT2D eigenvalue weighted by molar-refractivity contribution is 0.872. The van der Waals surface area contributed by atoms with Crippen LogP contribution in [0.4, 0.5) is 0 Å². The first kappa shape index (κ1) is 38.7. The second-order valence-electron chi connectivity index (χ2n) is 17.2. The van der Waals surface area contributed by atoms with Crippen molar-refractivity contribution in [3.8, 4) is 27.9 Å². The van der Waals surface area contributed by atoms with Crippen LogP contribution in [0.15, 0.2) is 255 Å². The van der Waals surface area contributed by atoms with E-state index in [1.165, 1.54) is 92.6 Å². The van der Waals surface area contributed by atoms with Crippen molar-refractivity contribution in [1.29, 1.82) is 0 Å². The smallest absolute Gasteiger partial charge is 0.152 e. The molecule has 2 nitrogen and oxygen atoms in total. The molecule has 0 amide bonds. The molecule has 0 fully saturated rings. The van der Waals surface area contributed by atoms with E-state index in [-0.39, 0.29) is 0 Å². The van der Waals surface area contributed by atoms with Gasteiger partial charge in [0.1, 0.15) is 0 Å². The number of nitrogens with zero attached hydrogens (tertiary/aromatic N) is 2. The van der Waals surface area contributed by atoms with Gasteiger partial charge >= 0.3 is 0 Å². The molecule has 65 heavy (non-hydrogen) atoms. The maximum atomic E-state index is 2.54. The molecule has 0 saturated carbocycles. The van der Waals surface area contributed by atoms with Crippen molar-refractivity contribution < 1.29 is 0 Å². The van der Waals surface area contributed by atoms with Gasteiger partial charge in [-0.25, -0.2) is 0 Å². The number of hydrogen-bond donors (Lipinski definition) is 0. The van der Waals surface area contributed by atoms with E-state index < -0.39 is 8.07 Å². The quantitative estimate of drug-likeness (QED) is 0.0959. The summed E-state index contributed by atoms with van der Waals surface area (Å²) in [7, 11) is -2.60. The fourth-order valence-electron chi connectivity index (χ4n) is 10.8. The lowest BCUT2D eigenvalue weighted by atomic mass is 9.91. The molecule has 308 valence electrons. The summed E-state index contributed by atoms with van der Waals surface area (Å²) in [4.78, 5) is 0. The minimum atomic E-state index is -2.60. The van der Waals surface area contributed by atoms with Crippen molar-refractivity contribution in [3.63, 3.8) is 0 Å². The highest BCUT2D eigenvalue weighted by molar-refractivity contribution is 7.11. The number of rotatable bonds is 10. The number of para-hydroxylation sites is 2. The summed E-state index contributed by atoms with van der Waals surface area (Å²) in [6.45, 7) is 0.729. The van der Waals surface area contributed by atoms with Gasteiger partial charge in [-0.3, -0.25) is 0 Å². The Bertz CT molecular complexity index is 3480. The van der Waals surface area contributed by atoms with Gasteiger partial charge in [-0.15, -0.1) is 0 Å². The number of aromatic nitrogens is 2. The van der Waals surface area contributed by atoms with Crippen LogP contribution in [0.2, 0.25) is 0 Å². The molecule has 0 unspecified atom stereocenters. The zero-order chi connectivity index (χ0) is 43.2. The monoisotopic (exact) mass is 846 g/mol. The van der Waals surface area contributed by atoms with Gasteiger partial charge in [0.15, 0.2) is 8.07 Å². The van der Waals surface area contributed by atoms with Gasteiger partial charge in [0.2, 0.25) is 0 Å². The van der Waals surface area contributed by atoms with E-state index in [0.29, 0.717) is 0 Å². The normalized spacial score (nSPS) is 11.8. The maximum Gasteiger partial charge on any atom is 0.152 e. The molecule has 0 N–H and O–H groups in total. The predicted octanol–water partition coefficient (Wildman–Crippen LogP) is 13.5. The van der Waals surface area contributed by atoms with Crippen molar-refractivity contribution in [2.75, 3.05) is 0 Å². The topological polar surface area (TPSA) is 9.86 Å². The Morgan fingerprint density at radius 3 is 1.38 bits per heavy atom. The molecule has 12 aromatic rings. The van der Waals surface area contributed by atoms with Crippen LogP contribution < -0.4 is 15.6 Å². The van der Waals surface area contributed by atoms with E-state index in [4.69, 9.17) is 0 Å². The second kappa shape index (κ2) is 16.3. The van der Waals surface area contributed by atoms with Crippen LogP contribution in [0.1, 0.15) is 11.1 Å². The molecule has 2 heterocycles. The molecule has 0 aliphatic carbocycles. The molecule has 3 heteroatoms. The fourth-order valence-corrected chi connectivity index (χ4v) is 15.6. The third kappa shape index (κ3) is 6.55. The van der Waals surface area contributed by atoms with Crippen molar-refractivity contribution in [2.45, 2.75) is 12.6 Å². The van der Waals surface area contributed by atoms with Crippen LogP contribution in [0, 0.1) is 0 Å². The molecular weight excluding hydrogens is 801 g/mol. The van der Waals surface area contributed by atoms with Crippen LogP contribution in [-0.2, 0) is 12.6 Å². The Balaban J connectivity index is 1.05. The average Bonchev–Trinajstić information content (AvgIpc) is 3.89. The molecule has 0 aliphatic heterocycles. The Morgan fingerprint density at radius 1 is 0.338 bits per heavy atom. The highest BCUT2D eigenvalue weighted by atomic mass is 28.3. The van der Waals surface area contributed by atoms with Gasteiger partial charge in [-0.05, 0) is 91.4 Å². The lowest BCUT2D eigenvalue weighted by Crippen LogP contribution is -2.68. The van der Waals surface area contributed by atoms with Crippen LogP contribution >= 0.6 is 0 Å². The van der Waals surface area contributed by atoms with Crippen molar-refractivity contribution >= 4 is 67.2 Å². The Kier molecular flexibility index (Phi) is 9.69. The molecule has 10 aromatic carbocycles. The molecule has 0 bridgehead atoms. The highest BCUT2D eigenvalue weighted by Crippen LogP contribution is 2.40. The highest BCUT2D eigenvalue weighted by Gasteiger charge is 2.40. The summed E-state index contributed by atoms with van der Waals surface area (Å²) in [5, 5.41) is 9.38. The molecule has 0 atom stereocenters. The Morgan fingerprint density at radius 2 is 0.800 bits per heavy atom.